The highest BCUT2D eigenvalue weighted by molar-refractivity contribution is 5.22. The maximum absolute atomic E-state index is 5.51. The van der Waals surface area contributed by atoms with Crippen molar-refractivity contribution >= 4 is 0 Å². The largest absolute Gasteiger partial charge is 0.330 e. The molecule has 3 N–H and O–H groups in total. The van der Waals surface area contributed by atoms with Crippen molar-refractivity contribution in [2.45, 2.75) is 52.5 Å². The first-order valence-corrected chi connectivity index (χ1v) is 7.90. The van der Waals surface area contributed by atoms with E-state index in [4.69, 9.17) is 5.73 Å². The minimum absolute atomic E-state index is 0.795. The third-order valence-corrected chi connectivity index (χ3v) is 3.59. The fraction of sp³-hybridized carbons (Fsp3) is 0.556. The van der Waals surface area contributed by atoms with Crippen molar-refractivity contribution in [3.8, 4) is 0 Å². The Labute approximate surface area is 124 Å². The molecule has 2 nitrogen and oxygen atoms in total. The highest BCUT2D eigenvalue weighted by atomic mass is 14.8. The van der Waals surface area contributed by atoms with E-state index in [1.54, 1.807) is 0 Å². The van der Waals surface area contributed by atoms with Gasteiger partial charge < -0.3 is 11.1 Å². The predicted molar refractivity (Wildman–Crippen MR) is 88.8 cm³/mol. The van der Waals surface area contributed by atoms with Crippen molar-refractivity contribution in [3.63, 3.8) is 0 Å². The van der Waals surface area contributed by atoms with Crippen LogP contribution in [0.2, 0.25) is 0 Å². The second kappa shape index (κ2) is 10.6. The third-order valence-electron chi connectivity index (χ3n) is 3.59. The van der Waals surface area contributed by atoms with Crippen LogP contribution in [0, 0.1) is 0 Å². The molecule has 112 valence electrons. The van der Waals surface area contributed by atoms with Gasteiger partial charge in [-0.15, -0.1) is 0 Å². The monoisotopic (exact) mass is 274 g/mol. The summed E-state index contributed by atoms with van der Waals surface area (Å²) in [5, 5.41) is 3.51. The molecule has 2 heteroatoms. The van der Waals surface area contributed by atoms with Gasteiger partial charge in [-0.1, -0.05) is 42.8 Å². The van der Waals surface area contributed by atoms with Crippen LogP contribution in [0.3, 0.4) is 0 Å². The summed E-state index contributed by atoms with van der Waals surface area (Å²) in [7, 11) is 0. The number of nitrogens with one attached hydrogen (secondary N) is 1. The lowest BCUT2D eigenvalue weighted by atomic mass is 10.1. The molecule has 0 bridgehead atoms. The minimum Gasteiger partial charge on any atom is -0.330 e. The summed E-state index contributed by atoms with van der Waals surface area (Å²) in [6.45, 7) is 7.24. The molecule has 0 atom stereocenters. The van der Waals surface area contributed by atoms with E-state index in [1.807, 2.05) is 0 Å². The van der Waals surface area contributed by atoms with E-state index >= 15 is 0 Å². The Kier molecular flexibility index (Phi) is 9.01. The maximum Gasteiger partial charge on any atom is 0.0205 e. The van der Waals surface area contributed by atoms with E-state index < -0.39 is 0 Å². The van der Waals surface area contributed by atoms with Gasteiger partial charge in [0.2, 0.25) is 0 Å². The Balaban J connectivity index is 2.09. The van der Waals surface area contributed by atoms with Crippen LogP contribution in [-0.4, -0.2) is 13.1 Å². The van der Waals surface area contributed by atoms with Gasteiger partial charge in [-0.2, -0.15) is 0 Å². The smallest absolute Gasteiger partial charge is 0.0205 e. The Morgan fingerprint density at radius 3 is 2.50 bits per heavy atom. The fourth-order valence-electron chi connectivity index (χ4n) is 2.18. The molecule has 0 spiro atoms. The summed E-state index contributed by atoms with van der Waals surface area (Å²) >= 11 is 0. The molecular weight excluding hydrogens is 244 g/mol. The Hall–Kier alpha value is -1.12. The Morgan fingerprint density at radius 2 is 1.85 bits per heavy atom. The van der Waals surface area contributed by atoms with Gasteiger partial charge in [0.05, 0.1) is 0 Å². The number of nitrogens with two attached hydrogens (primary N) is 1. The van der Waals surface area contributed by atoms with Crippen molar-refractivity contribution in [1.29, 1.82) is 0 Å². The zero-order valence-corrected chi connectivity index (χ0v) is 13.1. The van der Waals surface area contributed by atoms with E-state index in [-0.39, 0.29) is 0 Å². The molecule has 0 radical (unpaired) electrons. The SMILES string of the molecule is CCc1ccc(CNCCC/C=C(\C)CCCN)cc1. The van der Waals surface area contributed by atoms with Crippen molar-refractivity contribution in [2.75, 3.05) is 13.1 Å². The average Bonchev–Trinajstić information content (AvgIpc) is 2.49. The number of allylic oxidation sites excluding steroid dienone is 2. The van der Waals surface area contributed by atoms with Crippen molar-refractivity contribution < 1.29 is 0 Å². The van der Waals surface area contributed by atoms with Crippen LogP contribution in [0.5, 0.6) is 0 Å². The van der Waals surface area contributed by atoms with Gasteiger partial charge in [0.25, 0.3) is 0 Å². The number of rotatable bonds is 10. The molecule has 0 saturated carbocycles. The second-order valence-corrected chi connectivity index (χ2v) is 5.43. The number of unbranched alkanes of at least 4 members (excludes halogenated alkanes) is 1. The van der Waals surface area contributed by atoms with E-state index in [0.717, 1.165) is 45.3 Å². The molecule has 0 heterocycles. The average molecular weight is 274 g/mol. The first-order chi connectivity index (χ1) is 9.76. The van der Waals surface area contributed by atoms with Crippen LogP contribution in [0.4, 0.5) is 0 Å². The first kappa shape index (κ1) is 16.9. The molecule has 0 unspecified atom stereocenters. The number of benzene rings is 1. The quantitative estimate of drug-likeness (QED) is 0.503. The molecule has 0 amide bonds. The van der Waals surface area contributed by atoms with Crippen LogP contribution in [0.25, 0.3) is 0 Å². The minimum atomic E-state index is 0.795. The third kappa shape index (κ3) is 7.46. The molecule has 0 fully saturated rings. The zero-order chi connectivity index (χ0) is 14.6. The molecule has 20 heavy (non-hydrogen) atoms. The van der Waals surface area contributed by atoms with Gasteiger partial charge in [0, 0.05) is 6.54 Å². The van der Waals surface area contributed by atoms with E-state index in [0.29, 0.717) is 0 Å². The van der Waals surface area contributed by atoms with E-state index in [9.17, 15) is 0 Å². The second-order valence-electron chi connectivity index (χ2n) is 5.43. The van der Waals surface area contributed by atoms with Crippen molar-refractivity contribution in [3.05, 3.63) is 47.0 Å². The van der Waals surface area contributed by atoms with Crippen molar-refractivity contribution in [1.82, 2.24) is 5.32 Å². The van der Waals surface area contributed by atoms with Crippen LogP contribution >= 0.6 is 0 Å². The zero-order valence-electron chi connectivity index (χ0n) is 13.1. The van der Waals surface area contributed by atoms with Gasteiger partial charge in [-0.3, -0.25) is 0 Å². The van der Waals surface area contributed by atoms with Crippen LogP contribution in [0.15, 0.2) is 35.9 Å². The summed E-state index contributed by atoms with van der Waals surface area (Å²) < 4.78 is 0. The predicted octanol–water partition coefficient (Wildman–Crippen LogP) is 3.80. The van der Waals surface area contributed by atoms with Crippen LogP contribution in [-0.2, 0) is 13.0 Å². The molecule has 1 aromatic carbocycles. The first-order valence-electron chi connectivity index (χ1n) is 7.90. The summed E-state index contributed by atoms with van der Waals surface area (Å²) in [5.41, 5.74) is 9.77. The molecule has 1 rings (SSSR count). The lowest BCUT2D eigenvalue weighted by Gasteiger charge is -2.05. The molecule has 1 aromatic rings. The van der Waals surface area contributed by atoms with Gasteiger partial charge in [-0.05, 0) is 63.2 Å². The number of hydrogen-bond acceptors (Lipinski definition) is 2. The lowest BCUT2D eigenvalue weighted by Crippen LogP contribution is -2.14. The number of aryl methyl sites for hydroxylation is 1. The lowest BCUT2D eigenvalue weighted by molar-refractivity contribution is 0.653. The Bertz CT molecular complexity index is 379. The van der Waals surface area contributed by atoms with E-state index in [2.05, 4.69) is 49.5 Å². The van der Waals surface area contributed by atoms with Gasteiger partial charge >= 0.3 is 0 Å². The van der Waals surface area contributed by atoms with E-state index in [1.165, 1.54) is 23.1 Å². The van der Waals surface area contributed by atoms with Crippen LogP contribution < -0.4 is 11.1 Å². The Morgan fingerprint density at radius 1 is 1.15 bits per heavy atom. The van der Waals surface area contributed by atoms with Gasteiger partial charge in [0.15, 0.2) is 0 Å². The molecular formula is C18H30N2. The molecule has 0 aliphatic heterocycles. The summed E-state index contributed by atoms with van der Waals surface area (Å²) in [4.78, 5) is 0. The maximum atomic E-state index is 5.51. The highest BCUT2D eigenvalue weighted by Crippen LogP contribution is 2.06. The van der Waals surface area contributed by atoms with Gasteiger partial charge in [-0.25, -0.2) is 0 Å². The molecule has 0 aromatic heterocycles. The number of hydrogen-bond donors (Lipinski definition) is 2. The molecule has 0 aliphatic rings. The molecule has 0 saturated heterocycles. The van der Waals surface area contributed by atoms with Gasteiger partial charge in [0.1, 0.15) is 0 Å². The summed E-state index contributed by atoms with van der Waals surface area (Å²) in [6.07, 6.45) is 8.09. The van der Waals surface area contributed by atoms with Crippen molar-refractivity contribution in [2.24, 2.45) is 5.73 Å². The standard InChI is InChI=1S/C18H30N2/c1-3-17-9-11-18(12-10-17)15-20-14-5-4-7-16(2)8-6-13-19/h7,9-12,20H,3-6,8,13-15,19H2,1-2H3/b16-7+. The van der Waals surface area contributed by atoms with Crippen LogP contribution in [0.1, 0.15) is 50.7 Å². The topological polar surface area (TPSA) is 38.0 Å². The molecule has 0 aliphatic carbocycles. The fourth-order valence-corrected chi connectivity index (χ4v) is 2.18. The summed E-state index contributed by atoms with van der Waals surface area (Å²) in [6, 6.07) is 8.90. The summed E-state index contributed by atoms with van der Waals surface area (Å²) in [5.74, 6) is 0. The normalized spacial score (nSPS) is 11.8. The highest BCUT2D eigenvalue weighted by Gasteiger charge is 1.94.